The summed E-state index contributed by atoms with van der Waals surface area (Å²) >= 11 is -1.22. The highest BCUT2D eigenvalue weighted by Gasteiger charge is 2.20. The third kappa shape index (κ3) is 10.5. The Balaban J connectivity index is 1.27. The summed E-state index contributed by atoms with van der Waals surface area (Å²) in [5, 5.41) is 3.03. The van der Waals surface area contributed by atoms with Crippen molar-refractivity contribution in [3.8, 4) is 16.9 Å². The summed E-state index contributed by atoms with van der Waals surface area (Å²) in [5.74, 6) is 1.76. The monoisotopic (exact) mass is 696 g/mol. The molecule has 8 nitrogen and oxygen atoms in total. The van der Waals surface area contributed by atoms with Gasteiger partial charge in [0.05, 0.1) is 24.8 Å². The number of nitrogens with one attached hydrogen (secondary N) is 1. The van der Waals surface area contributed by atoms with E-state index in [-0.39, 0.29) is 5.91 Å². The Hall–Kier alpha value is -4.05. The molecule has 1 amide bonds. The molecule has 1 aliphatic rings. The number of carbonyl (C=O) groups excluding carboxylic acids is 1. The molecule has 0 aliphatic carbocycles. The molecular formula is C41H52N4O4S. The van der Waals surface area contributed by atoms with Gasteiger partial charge in [-0.1, -0.05) is 45.4 Å². The van der Waals surface area contributed by atoms with E-state index >= 15 is 0 Å². The molecule has 0 unspecified atom stereocenters. The summed E-state index contributed by atoms with van der Waals surface area (Å²) in [7, 11) is 0. The van der Waals surface area contributed by atoms with E-state index < -0.39 is 11.2 Å². The van der Waals surface area contributed by atoms with Crippen LogP contribution in [0.25, 0.3) is 17.2 Å². The Morgan fingerprint density at radius 1 is 0.980 bits per heavy atom. The van der Waals surface area contributed by atoms with Crippen molar-refractivity contribution in [1.29, 1.82) is 0 Å². The minimum atomic E-state index is -1.22. The van der Waals surface area contributed by atoms with Crippen LogP contribution in [0.4, 0.5) is 11.4 Å². The zero-order valence-corrected chi connectivity index (χ0v) is 30.8. The van der Waals surface area contributed by atoms with Gasteiger partial charge in [-0.25, -0.2) is 4.98 Å². The topological polar surface area (TPSA) is 91.7 Å². The summed E-state index contributed by atoms with van der Waals surface area (Å²) in [6.45, 7) is 13.2. The molecule has 4 aromatic rings. The fraction of sp³-hybridized carbons (Fsp3) is 0.415. The number of amides is 1. The van der Waals surface area contributed by atoms with Gasteiger partial charge in [0.1, 0.15) is 12.4 Å². The molecule has 50 heavy (non-hydrogen) atoms. The number of anilines is 2. The zero-order valence-electron chi connectivity index (χ0n) is 30.0. The molecule has 1 N–H and O–H groups in total. The molecule has 0 radical (unpaired) electrons. The second-order valence-corrected chi connectivity index (χ2v) is 14.6. The van der Waals surface area contributed by atoms with Gasteiger partial charge in [0, 0.05) is 43.2 Å². The predicted molar refractivity (Wildman–Crippen MR) is 205 cm³/mol. The van der Waals surface area contributed by atoms with Gasteiger partial charge in [-0.3, -0.25) is 4.79 Å². The third-order valence-electron chi connectivity index (χ3n) is 9.13. The first-order chi connectivity index (χ1) is 24.3. The van der Waals surface area contributed by atoms with Crippen LogP contribution in [0.2, 0.25) is 0 Å². The molecular weight excluding hydrogens is 645 g/mol. The van der Waals surface area contributed by atoms with E-state index in [1.807, 2.05) is 54.0 Å². The lowest BCUT2D eigenvalue weighted by Crippen LogP contribution is -2.33. The second-order valence-electron chi connectivity index (χ2n) is 13.2. The van der Waals surface area contributed by atoms with E-state index in [1.165, 1.54) is 0 Å². The third-order valence-corrected chi connectivity index (χ3v) is 10.5. The normalized spacial score (nSPS) is 14.5. The molecule has 0 bridgehead atoms. The van der Waals surface area contributed by atoms with Crippen LogP contribution >= 0.6 is 0 Å². The van der Waals surface area contributed by atoms with Crippen LogP contribution < -0.4 is 15.0 Å². The van der Waals surface area contributed by atoms with E-state index in [1.54, 1.807) is 12.5 Å². The zero-order chi connectivity index (χ0) is 35.3. The van der Waals surface area contributed by atoms with Crippen molar-refractivity contribution in [2.45, 2.75) is 77.0 Å². The first-order valence-corrected chi connectivity index (χ1v) is 19.3. The average molecular weight is 697 g/mol. The number of aryl methyl sites for hydroxylation is 1. The fourth-order valence-corrected chi connectivity index (χ4v) is 7.16. The highest BCUT2D eigenvalue weighted by atomic mass is 32.2. The van der Waals surface area contributed by atoms with Gasteiger partial charge < -0.3 is 28.8 Å². The van der Waals surface area contributed by atoms with Crippen LogP contribution in [0, 0.1) is 5.92 Å². The number of benzene rings is 3. The number of aromatic nitrogens is 2. The molecule has 3 aromatic carbocycles. The number of hydrogen-bond acceptors (Lipinski definition) is 6. The highest BCUT2D eigenvalue weighted by Crippen LogP contribution is 2.33. The molecule has 1 fully saturated rings. The minimum absolute atomic E-state index is 0.175. The van der Waals surface area contributed by atoms with Gasteiger partial charge in [0.2, 0.25) is 0 Å². The van der Waals surface area contributed by atoms with Gasteiger partial charge >= 0.3 is 0 Å². The maximum atomic E-state index is 13.4. The lowest BCUT2D eigenvalue weighted by molar-refractivity contribution is -0.112. The maximum Gasteiger partial charge on any atom is 0.251 e. The molecule has 9 heteroatoms. The van der Waals surface area contributed by atoms with Gasteiger partial charge in [0.25, 0.3) is 5.91 Å². The van der Waals surface area contributed by atoms with E-state index in [0.29, 0.717) is 41.0 Å². The maximum absolute atomic E-state index is 13.4. The number of unbranched alkanes of at least 4 members (excludes halogenated alkanes) is 1. The number of piperidine rings is 1. The van der Waals surface area contributed by atoms with Crippen molar-refractivity contribution >= 4 is 34.5 Å². The first kappa shape index (κ1) is 37.2. The quantitative estimate of drug-likeness (QED) is 0.0675. The minimum Gasteiger partial charge on any atom is -0.611 e. The SMILES string of the molecule is CCCCOCCOc1ccc(-c2ccc(N3CCC(C)CC3)c(/C=C(\C)C(=O)Nc3ccc([S@@+]([O-])Cc4cncn4CCC)cc3)c2)cc1. The number of nitrogens with zero attached hydrogens (tertiary/aromatic N) is 3. The molecule has 2 heterocycles. The largest absolute Gasteiger partial charge is 0.611 e. The van der Waals surface area contributed by atoms with Gasteiger partial charge in [-0.2, -0.15) is 0 Å². The van der Waals surface area contributed by atoms with Crippen LogP contribution in [-0.2, 0) is 33.0 Å². The number of carbonyl (C=O) groups is 1. The van der Waals surface area contributed by atoms with Crippen molar-refractivity contribution in [3.05, 3.63) is 96.1 Å². The van der Waals surface area contributed by atoms with Crippen LogP contribution in [-0.4, -0.2) is 52.9 Å². The molecule has 0 spiro atoms. The molecule has 1 aromatic heterocycles. The van der Waals surface area contributed by atoms with Gasteiger partial charge in [-0.05, 0) is 121 Å². The molecule has 1 aliphatic heterocycles. The number of imidazole rings is 1. The van der Waals surface area contributed by atoms with Crippen LogP contribution in [0.3, 0.4) is 0 Å². The second kappa shape index (κ2) is 18.8. The average Bonchev–Trinajstić information content (AvgIpc) is 3.57. The molecule has 0 saturated carbocycles. The Morgan fingerprint density at radius 2 is 1.72 bits per heavy atom. The van der Waals surface area contributed by atoms with Crippen molar-refractivity contribution in [3.63, 3.8) is 0 Å². The summed E-state index contributed by atoms with van der Waals surface area (Å²) in [6, 6.07) is 22.0. The standard InChI is InChI=1S/C41H52N4O4S/c1-5-7-23-48-24-25-49-38-13-8-33(9-14-38)34-10-17-40(44-21-18-31(3)19-22-44)35(27-34)26-32(4)41(46)43-36-11-15-39(16-12-36)50(47)29-37-28-42-30-45(37)20-6-2/h8-17,26-28,30-31H,5-7,18-25,29H2,1-4H3,(H,43,46)/b32-26+/t50-/m0/s1. The molecule has 1 saturated heterocycles. The Morgan fingerprint density at radius 3 is 2.44 bits per heavy atom. The van der Waals surface area contributed by atoms with Crippen molar-refractivity contribution in [1.82, 2.24) is 9.55 Å². The van der Waals surface area contributed by atoms with E-state index in [9.17, 15) is 9.35 Å². The van der Waals surface area contributed by atoms with Gasteiger partial charge in [-0.15, -0.1) is 0 Å². The Kier molecular flexibility index (Phi) is 14.0. The van der Waals surface area contributed by atoms with E-state index in [0.717, 1.165) is 92.2 Å². The van der Waals surface area contributed by atoms with Crippen molar-refractivity contribution < 1.29 is 18.8 Å². The fourth-order valence-electron chi connectivity index (χ4n) is 6.04. The molecule has 1 atom stereocenters. The first-order valence-electron chi connectivity index (χ1n) is 18.0. The lowest BCUT2D eigenvalue weighted by atomic mass is 9.96. The lowest BCUT2D eigenvalue weighted by Gasteiger charge is -2.33. The summed E-state index contributed by atoms with van der Waals surface area (Å²) in [6.07, 6.45) is 11.0. The van der Waals surface area contributed by atoms with Crippen LogP contribution in [0.5, 0.6) is 5.75 Å². The summed E-state index contributed by atoms with van der Waals surface area (Å²) in [5.41, 5.74) is 6.54. The smallest absolute Gasteiger partial charge is 0.251 e. The van der Waals surface area contributed by atoms with E-state index in [2.05, 4.69) is 66.3 Å². The summed E-state index contributed by atoms with van der Waals surface area (Å²) < 4.78 is 26.6. The Bertz CT molecular complexity index is 1680. The number of hydrogen-bond donors (Lipinski definition) is 1. The predicted octanol–water partition coefficient (Wildman–Crippen LogP) is 8.74. The highest BCUT2D eigenvalue weighted by molar-refractivity contribution is 7.90. The molecule has 5 rings (SSSR count). The van der Waals surface area contributed by atoms with Crippen molar-refractivity contribution in [2.24, 2.45) is 5.92 Å². The van der Waals surface area contributed by atoms with E-state index in [4.69, 9.17) is 9.47 Å². The summed E-state index contributed by atoms with van der Waals surface area (Å²) in [4.78, 5) is 20.8. The number of ether oxygens (including phenoxy) is 2. The van der Waals surface area contributed by atoms with Crippen LogP contribution in [0.1, 0.15) is 71.1 Å². The van der Waals surface area contributed by atoms with Crippen LogP contribution in [0.15, 0.2) is 89.7 Å². The van der Waals surface area contributed by atoms with Crippen molar-refractivity contribution in [2.75, 3.05) is 43.1 Å². The van der Waals surface area contributed by atoms with Gasteiger partial charge in [0.15, 0.2) is 10.6 Å². The number of rotatable bonds is 17. The molecule has 266 valence electrons. The Labute approximate surface area is 301 Å².